The van der Waals surface area contributed by atoms with E-state index in [1.54, 1.807) is 7.05 Å². The van der Waals surface area contributed by atoms with Gasteiger partial charge in [-0.15, -0.1) is 0 Å². The first-order valence-electron chi connectivity index (χ1n) is 6.07. The second-order valence-corrected chi connectivity index (χ2v) is 4.48. The second kappa shape index (κ2) is 5.81. The molecule has 0 aliphatic carbocycles. The van der Waals surface area contributed by atoms with Crippen molar-refractivity contribution in [1.29, 1.82) is 0 Å². The van der Waals surface area contributed by atoms with Gasteiger partial charge in [-0.05, 0) is 18.1 Å². The number of carbonyl (C=O) groups is 2. The van der Waals surface area contributed by atoms with Crippen molar-refractivity contribution < 1.29 is 14.4 Å². The summed E-state index contributed by atoms with van der Waals surface area (Å²) < 4.78 is 0. The van der Waals surface area contributed by atoms with E-state index in [-0.39, 0.29) is 24.9 Å². The lowest BCUT2D eigenvalue weighted by molar-refractivity contribution is -0.136. The van der Waals surface area contributed by atoms with Crippen molar-refractivity contribution in [2.45, 2.75) is 6.42 Å². The van der Waals surface area contributed by atoms with Gasteiger partial charge in [0.2, 0.25) is 11.8 Å². The van der Waals surface area contributed by atoms with Gasteiger partial charge in [0.1, 0.15) is 6.54 Å². The van der Waals surface area contributed by atoms with Crippen molar-refractivity contribution >= 4 is 17.5 Å². The van der Waals surface area contributed by atoms with E-state index >= 15 is 0 Å². The van der Waals surface area contributed by atoms with Crippen molar-refractivity contribution in [2.24, 2.45) is 5.90 Å². The van der Waals surface area contributed by atoms with Gasteiger partial charge < -0.3 is 14.6 Å². The lowest BCUT2D eigenvalue weighted by Gasteiger charge is -2.32. The minimum atomic E-state index is -0.0804. The molecule has 6 heteroatoms. The zero-order chi connectivity index (χ0) is 13.8. The normalized spacial score (nSPS) is 16.1. The van der Waals surface area contributed by atoms with Crippen LogP contribution in [-0.4, -0.2) is 43.5 Å². The second-order valence-electron chi connectivity index (χ2n) is 4.48. The van der Waals surface area contributed by atoms with Gasteiger partial charge in [0.05, 0.1) is 13.2 Å². The molecule has 0 saturated carbocycles. The molecule has 2 amide bonds. The molecule has 1 aliphatic rings. The van der Waals surface area contributed by atoms with Gasteiger partial charge in [0.15, 0.2) is 0 Å². The van der Waals surface area contributed by atoms with Crippen LogP contribution in [0.5, 0.6) is 0 Å². The van der Waals surface area contributed by atoms with E-state index in [1.165, 1.54) is 9.80 Å². The number of rotatable bonds is 4. The SMILES string of the molecule is CN1CC(=O)N(c2ccccc2CCON)CC1=O. The van der Waals surface area contributed by atoms with Crippen LogP contribution in [0.2, 0.25) is 0 Å². The number of hydrogen-bond acceptors (Lipinski definition) is 4. The number of hydrogen-bond donors (Lipinski definition) is 1. The van der Waals surface area contributed by atoms with Crippen LogP contribution in [0.15, 0.2) is 24.3 Å². The van der Waals surface area contributed by atoms with Crippen LogP contribution >= 0.6 is 0 Å². The maximum absolute atomic E-state index is 12.1. The summed E-state index contributed by atoms with van der Waals surface area (Å²) in [5.74, 6) is 4.89. The molecule has 1 aliphatic heterocycles. The van der Waals surface area contributed by atoms with Crippen LogP contribution in [0.25, 0.3) is 0 Å². The van der Waals surface area contributed by atoms with Crippen molar-refractivity contribution in [3.8, 4) is 0 Å². The molecular formula is C13H17N3O3. The number of anilines is 1. The van der Waals surface area contributed by atoms with Crippen LogP contribution in [0.4, 0.5) is 5.69 Å². The highest BCUT2D eigenvalue weighted by Gasteiger charge is 2.29. The molecule has 0 spiro atoms. The zero-order valence-corrected chi connectivity index (χ0v) is 10.8. The Balaban J connectivity index is 2.25. The van der Waals surface area contributed by atoms with Gasteiger partial charge in [-0.1, -0.05) is 18.2 Å². The lowest BCUT2D eigenvalue weighted by atomic mass is 10.1. The minimum absolute atomic E-state index is 0.0653. The standard InChI is InChI=1S/C13H17N3O3/c1-15-8-13(18)16(9-12(15)17)11-5-3-2-4-10(11)6-7-19-14/h2-5H,6-9,14H2,1H3. The maximum Gasteiger partial charge on any atom is 0.247 e. The fourth-order valence-corrected chi connectivity index (χ4v) is 2.09. The Morgan fingerprint density at radius 2 is 1.95 bits per heavy atom. The predicted octanol–water partition coefficient (Wildman–Crippen LogP) is -0.0756. The first kappa shape index (κ1) is 13.5. The molecule has 1 aromatic carbocycles. The zero-order valence-electron chi connectivity index (χ0n) is 10.8. The van der Waals surface area contributed by atoms with Crippen molar-refractivity contribution in [3.05, 3.63) is 29.8 Å². The molecule has 1 aromatic rings. The van der Waals surface area contributed by atoms with Gasteiger partial charge in [-0.3, -0.25) is 9.59 Å². The summed E-state index contributed by atoms with van der Waals surface area (Å²) in [4.78, 5) is 31.3. The maximum atomic E-state index is 12.1. The molecule has 1 fully saturated rings. The molecule has 2 N–H and O–H groups in total. The fourth-order valence-electron chi connectivity index (χ4n) is 2.09. The number of carbonyl (C=O) groups excluding carboxylic acids is 2. The summed E-state index contributed by atoms with van der Waals surface area (Å²) in [6.45, 7) is 0.559. The molecule has 1 heterocycles. The molecule has 0 aromatic heterocycles. The molecule has 102 valence electrons. The first-order chi connectivity index (χ1) is 9.13. The largest absolute Gasteiger partial charge is 0.335 e. The van der Waals surface area contributed by atoms with E-state index in [0.29, 0.717) is 13.0 Å². The summed E-state index contributed by atoms with van der Waals surface area (Å²) in [6.07, 6.45) is 0.598. The highest BCUT2D eigenvalue weighted by molar-refractivity contribution is 6.04. The predicted molar refractivity (Wildman–Crippen MR) is 70.3 cm³/mol. The van der Waals surface area contributed by atoms with Gasteiger partial charge in [0, 0.05) is 12.7 Å². The van der Waals surface area contributed by atoms with Gasteiger partial charge in [0.25, 0.3) is 0 Å². The minimum Gasteiger partial charge on any atom is -0.335 e. The lowest BCUT2D eigenvalue weighted by Crippen LogP contribution is -2.52. The molecule has 6 nitrogen and oxygen atoms in total. The number of nitrogens with two attached hydrogens (primary N) is 1. The molecule has 0 atom stereocenters. The fraction of sp³-hybridized carbons (Fsp3) is 0.385. The van der Waals surface area contributed by atoms with E-state index in [4.69, 9.17) is 5.90 Å². The van der Waals surface area contributed by atoms with Crippen LogP contribution in [0, 0.1) is 0 Å². The molecule has 0 unspecified atom stereocenters. The summed E-state index contributed by atoms with van der Waals surface area (Å²) in [5.41, 5.74) is 1.70. The Morgan fingerprint density at radius 1 is 1.21 bits per heavy atom. The molecule has 0 bridgehead atoms. The highest BCUT2D eigenvalue weighted by Crippen LogP contribution is 2.23. The van der Waals surface area contributed by atoms with Crippen LogP contribution in [0.1, 0.15) is 5.56 Å². The van der Waals surface area contributed by atoms with Crippen molar-refractivity contribution in [2.75, 3.05) is 31.6 Å². The topological polar surface area (TPSA) is 75.9 Å². The summed E-state index contributed by atoms with van der Waals surface area (Å²) in [7, 11) is 1.63. The molecule has 19 heavy (non-hydrogen) atoms. The smallest absolute Gasteiger partial charge is 0.247 e. The van der Waals surface area contributed by atoms with E-state index in [9.17, 15) is 9.59 Å². The van der Waals surface area contributed by atoms with Crippen LogP contribution in [0.3, 0.4) is 0 Å². The monoisotopic (exact) mass is 263 g/mol. The van der Waals surface area contributed by atoms with Crippen molar-refractivity contribution in [1.82, 2.24) is 4.90 Å². The van der Waals surface area contributed by atoms with E-state index < -0.39 is 0 Å². The Kier molecular flexibility index (Phi) is 4.13. The summed E-state index contributed by atoms with van der Waals surface area (Å²) in [5, 5.41) is 0. The third-order valence-corrected chi connectivity index (χ3v) is 3.16. The van der Waals surface area contributed by atoms with E-state index in [0.717, 1.165) is 11.3 Å². The number of likely N-dealkylation sites (N-methyl/N-ethyl adjacent to an activating group) is 1. The third kappa shape index (κ3) is 2.91. The molecular weight excluding hydrogens is 246 g/mol. The average molecular weight is 263 g/mol. The van der Waals surface area contributed by atoms with Gasteiger partial charge >= 0.3 is 0 Å². The van der Waals surface area contributed by atoms with Crippen LogP contribution in [-0.2, 0) is 20.8 Å². The van der Waals surface area contributed by atoms with Gasteiger partial charge in [-0.25, -0.2) is 5.90 Å². The highest BCUT2D eigenvalue weighted by atomic mass is 16.6. The first-order valence-corrected chi connectivity index (χ1v) is 6.07. The number of para-hydroxylation sites is 1. The average Bonchev–Trinajstić information content (AvgIpc) is 2.41. The number of nitrogens with zero attached hydrogens (tertiary/aromatic N) is 2. The van der Waals surface area contributed by atoms with E-state index in [1.807, 2.05) is 24.3 Å². The van der Waals surface area contributed by atoms with E-state index in [2.05, 4.69) is 4.84 Å². The van der Waals surface area contributed by atoms with Gasteiger partial charge in [-0.2, -0.15) is 0 Å². The number of piperazine rings is 1. The third-order valence-electron chi connectivity index (χ3n) is 3.16. The Morgan fingerprint density at radius 3 is 2.68 bits per heavy atom. The molecule has 1 saturated heterocycles. The Hall–Kier alpha value is -1.92. The molecule has 2 rings (SSSR count). The summed E-state index contributed by atoms with van der Waals surface area (Å²) in [6, 6.07) is 7.47. The number of benzene rings is 1. The van der Waals surface area contributed by atoms with Crippen molar-refractivity contribution in [3.63, 3.8) is 0 Å². The summed E-state index contributed by atoms with van der Waals surface area (Å²) >= 11 is 0. The Bertz CT molecular complexity index is 490. The quantitative estimate of drug-likeness (QED) is 0.771. The van der Waals surface area contributed by atoms with Crippen LogP contribution < -0.4 is 10.8 Å². The Labute approximate surface area is 111 Å². The molecule has 0 radical (unpaired) electrons. The number of amides is 2.